The summed E-state index contributed by atoms with van der Waals surface area (Å²) >= 11 is 0. The van der Waals surface area contributed by atoms with Crippen molar-refractivity contribution < 1.29 is 0 Å². The Labute approximate surface area is 801 Å². The van der Waals surface area contributed by atoms with Crippen molar-refractivity contribution in [2.24, 2.45) is 0 Å². The van der Waals surface area contributed by atoms with Crippen molar-refractivity contribution in [2.75, 3.05) is 0 Å². The van der Waals surface area contributed by atoms with Gasteiger partial charge in [0.2, 0.25) is 11.9 Å². The zero-order valence-corrected chi connectivity index (χ0v) is 77.3. The minimum Gasteiger partial charge on any atom is -0.294 e. The molecule has 0 bridgehead atoms. The highest BCUT2D eigenvalue weighted by Gasteiger charge is 2.40. The van der Waals surface area contributed by atoms with Crippen molar-refractivity contribution in [2.45, 2.75) is 57.8 Å². The van der Waals surface area contributed by atoms with Gasteiger partial charge >= 0.3 is 0 Å². The van der Waals surface area contributed by atoms with Gasteiger partial charge in [0.25, 0.3) is 0 Å². The molecule has 9 heteroatoms. The lowest BCUT2D eigenvalue weighted by Gasteiger charge is -2.21. The van der Waals surface area contributed by atoms with Crippen LogP contribution >= 0.6 is 0 Å². The van der Waals surface area contributed by atoms with Crippen LogP contribution in [-0.4, -0.2) is 43.6 Å². The van der Waals surface area contributed by atoms with Gasteiger partial charge in [-0.2, -0.15) is 9.97 Å². The molecule has 6 heterocycles. The first-order chi connectivity index (χ1) is 67.7. The first kappa shape index (κ1) is 82.5. The Hall–Kier alpha value is -17.4. The maximum Gasteiger partial charge on any atom is 0.238 e. The third-order valence-corrected chi connectivity index (χ3v) is 28.9. The van der Waals surface area contributed by atoms with Gasteiger partial charge in [0.1, 0.15) is 5.82 Å². The first-order valence-electron chi connectivity index (χ1n) is 47.5. The normalized spacial score (nSPS) is 13.2. The molecule has 0 saturated carbocycles. The average molecular weight is 1770 g/mol. The van der Waals surface area contributed by atoms with Crippen LogP contribution < -0.4 is 0 Å². The summed E-state index contributed by atoms with van der Waals surface area (Å²) < 4.78 is 6.86. The lowest BCUT2D eigenvalue weighted by Crippen LogP contribution is -2.15. The van der Waals surface area contributed by atoms with Crippen LogP contribution in [0.2, 0.25) is 0 Å². The number of hydrogen-bond acceptors (Lipinski definition) is 6. The van der Waals surface area contributed by atoms with E-state index in [-0.39, 0.29) is 16.2 Å². The number of hydrogen-bond donors (Lipinski definition) is 0. The Morgan fingerprint density at radius 1 is 0.159 bits per heavy atom. The van der Waals surface area contributed by atoms with Gasteiger partial charge in [-0.1, -0.05) is 424 Å². The molecule has 0 aliphatic heterocycles. The molecule has 3 aliphatic rings. The molecule has 0 N–H and O–H groups in total. The van der Waals surface area contributed by atoms with E-state index in [2.05, 4.69) is 474 Å². The number of para-hydroxylation sites is 3. The van der Waals surface area contributed by atoms with Crippen LogP contribution in [0.25, 0.3) is 218 Å². The van der Waals surface area contributed by atoms with Crippen LogP contribution in [0, 0.1) is 0 Å². The van der Waals surface area contributed by atoms with Crippen LogP contribution in [0.15, 0.2) is 455 Å². The lowest BCUT2D eigenvalue weighted by atomic mass is 9.82. The van der Waals surface area contributed by atoms with E-state index >= 15 is 0 Å². The fraction of sp³-hybridized carbons (Fsp3) is 0.0698. The van der Waals surface area contributed by atoms with E-state index < -0.39 is 0 Å². The molecule has 0 spiro atoms. The monoisotopic (exact) mass is 1770 g/mol. The highest BCUT2D eigenvalue weighted by atomic mass is 15.2. The number of fused-ring (bicyclic) bond motifs is 18. The third-order valence-electron chi connectivity index (χ3n) is 28.9. The zero-order chi connectivity index (χ0) is 92.5. The second kappa shape index (κ2) is 33.1. The highest BCUT2D eigenvalue weighted by molar-refractivity contribution is 6.14. The topological polar surface area (TPSA) is 92.1 Å². The summed E-state index contributed by atoms with van der Waals surface area (Å²) in [7, 11) is 0. The molecule has 0 saturated heterocycles. The molecule has 0 unspecified atom stereocenters. The van der Waals surface area contributed by atoms with Crippen LogP contribution in [0.5, 0.6) is 0 Å². The Kier molecular flexibility index (Phi) is 19.8. The van der Waals surface area contributed by atoms with Crippen molar-refractivity contribution in [1.29, 1.82) is 0 Å². The third kappa shape index (κ3) is 14.0. The highest BCUT2D eigenvalue weighted by Crippen LogP contribution is 2.55. The van der Waals surface area contributed by atoms with Crippen molar-refractivity contribution in [3.8, 4) is 152 Å². The van der Waals surface area contributed by atoms with Gasteiger partial charge in [-0.15, -0.1) is 0 Å². The van der Waals surface area contributed by atoms with E-state index in [0.717, 1.165) is 89.4 Å². The maximum atomic E-state index is 5.41. The van der Waals surface area contributed by atoms with Gasteiger partial charge in [0, 0.05) is 76.4 Å². The SMILES string of the molecule is CC1(C)c2ccccc2-c2cc3c4ccccc4n(-c4cc(-c5ccccc5)cc(-c5ccc(-c6ccccc6)cc5)n4)c3cc21.CC1(C)c2ccccc2-c2cc3c4ccccc4n(-c4nc(-c5ccccc5)cc(-c5ccc(-c6ccccc6)cc5)n4)c3cc21.CC1(C)c2ccccc2-c2cc3c4ccccc4n(-c4nc(-c5ccccc5)nc(-c5ccc(-c6ccccc6)cc5)n4)c3cc21. The van der Waals surface area contributed by atoms with Gasteiger partial charge in [-0.25, -0.2) is 19.9 Å². The number of pyridine rings is 1. The fourth-order valence-electron chi connectivity index (χ4n) is 21.9. The molecule has 654 valence electrons. The smallest absolute Gasteiger partial charge is 0.238 e. The summed E-state index contributed by atoms with van der Waals surface area (Å²) in [5, 5.41) is 7.27. The molecule has 9 nitrogen and oxygen atoms in total. The van der Waals surface area contributed by atoms with Gasteiger partial charge in [0.05, 0.1) is 50.2 Å². The Balaban J connectivity index is 0.000000110. The predicted octanol–water partition coefficient (Wildman–Crippen LogP) is 32.6. The molecule has 0 atom stereocenters. The average Bonchev–Trinajstić information content (AvgIpc) is 1.56. The lowest BCUT2D eigenvalue weighted by molar-refractivity contribution is 0.660. The summed E-state index contributed by atoms with van der Waals surface area (Å²) in [5.74, 6) is 3.48. The minimum atomic E-state index is -0.124. The van der Waals surface area contributed by atoms with Crippen molar-refractivity contribution in [3.05, 3.63) is 488 Å². The molecule has 0 radical (unpaired) electrons. The summed E-state index contributed by atoms with van der Waals surface area (Å²) in [6, 6.07) is 162. The predicted molar refractivity (Wildman–Crippen MR) is 571 cm³/mol. The van der Waals surface area contributed by atoms with Crippen molar-refractivity contribution in [1.82, 2.24) is 43.6 Å². The quantitative estimate of drug-likeness (QED) is 0.121. The van der Waals surface area contributed by atoms with Gasteiger partial charge in [0.15, 0.2) is 11.6 Å². The molecule has 0 amide bonds. The number of benzene rings is 18. The van der Waals surface area contributed by atoms with Crippen molar-refractivity contribution in [3.63, 3.8) is 0 Å². The molecule has 3 aliphatic carbocycles. The van der Waals surface area contributed by atoms with Gasteiger partial charge < -0.3 is 0 Å². The molecule has 6 aromatic heterocycles. The summed E-state index contributed by atoms with van der Waals surface area (Å²) in [4.78, 5) is 31.3. The summed E-state index contributed by atoms with van der Waals surface area (Å²) in [6.45, 7) is 14.0. The number of nitrogens with zero attached hydrogens (tertiary/aromatic N) is 9. The maximum absolute atomic E-state index is 5.41. The van der Waals surface area contributed by atoms with Gasteiger partial charge in [-0.3, -0.25) is 13.7 Å². The summed E-state index contributed by atoms with van der Waals surface area (Å²) in [5.41, 5.74) is 39.8. The largest absolute Gasteiger partial charge is 0.294 e. The Morgan fingerprint density at radius 3 is 0.797 bits per heavy atom. The molecule has 0 fully saturated rings. The van der Waals surface area contributed by atoms with Crippen molar-refractivity contribution >= 4 is 65.4 Å². The molecule has 18 aromatic carbocycles. The van der Waals surface area contributed by atoms with Crippen LogP contribution in [0.1, 0.15) is 74.9 Å². The standard InChI is InChI=1S/C44H32N2.C43H31N3.C42H30N4/c1-44(2)38-19-11-9-17-34(38)36-27-37-35-18-10-12-20-41(35)46(42(37)28-39(36)44)43-26-33(30-15-7-4-8-16-30)25-40(45-43)32-23-21-31(22-24-32)29-13-5-3-6-14-29;1-43(2)36-19-11-9-17-32(36)34-25-35-33-18-10-12-20-40(33)46(41(35)26-37(34)43)42-44-38(30-15-7-4-8-16-30)27-39(45-42)31-23-21-29(22-24-31)28-13-5-3-6-14-28;1-42(2)35-19-11-9-17-31(35)33-25-34-32-18-10-12-20-37(32)46(38(34)26-36(33)42)41-44-39(29-15-7-4-8-16-29)43-40(45-41)30-23-21-28(22-24-30)27-13-5-3-6-14-27/h3-28H,1-2H3;3-27H,1-2H3;3-26H,1-2H3. The van der Waals surface area contributed by atoms with E-state index in [1.54, 1.807) is 0 Å². The number of aromatic nitrogens is 9. The molecular weight excluding hydrogens is 1680 g/mol. The van der Waals surface area contributed by atoms with E-state index in [4.69, 9.17) is 29.9 Å². The summed E-state index contributed by atoms with van der Waals surface area (Å²) in [6.07, 6.45) is 0. The molecular formula is C129H93N9. The first-order valence-corrected chi connectivity index (χ1v) is 47.5. The molecule has 24 aromatic rings. The van der Waals surface area contributed by atoms with Crippen LogP contribution in [0.4, 0.5) is 0 Å². The Bertz CT molecular complexity index is 8080. The molecule has 27 rings (SSSR count). The minimum absolute atomic E-state index is 0.0909. The van der Waals surface area contributed by atoms with Gasteiger partial charge in [-0.05, 0) is 184 Å². The molecule has 138 heavy (non-hydrogen) atoms. The zero-order valence-electron chi connectivity index (χ0n) is 77.3. The van der Waals surface area contributed by atoms with Crippen LogP contribution in [0.3, 0.4) is 0 Å². The Morgan fingerprint density at radius 2 is 0.420 bits per heavy atom. The second-order valence-electron chi connectivity index (χ2n) is 38.1. The van der Waals surface area contributed by atoms with E-state index in [1.165, 1.54) is 138 Å². The van der Waals surface area contributed by atoms with Crippen LogP contribution in [-0.2, 0) is 16.2 Å². The number of rotatable bonds is 12. The second-order valence-corrected chi connectivity index (χ2v) is 38.1. The fourth-order valence-corrected chi connectivity index (χ4v) is 21.9. The van der Waals surface area contributed by atoms with E-state index in [1.807, 2.05) is 36.4 Å². The van der Waals surface area contributed by atoms with E-state index in [0.29, 0.717) is 23.5 Å². The van der Waals surface area contributed by atoms with E-state index in [9.17, 15) is 0 Å².